The summed E-state index contributed by atoms with van der Waals surface area (Å²) in [7, 11) is 1.83. The minimum absolute atomic E-state index is 0.0333. The highest BCUT2D eigenvalue weighted by Gasteiger charge is 2.38. The average molecular weight is 986 g/mol. The van der Waals surface area contributed by atoms with Crippen LogP contribution in [0.15, 0.2) is 30.7 Å². The number of benzene rings is 1. The number of nitrogens with zero attached hydrogens (tertiary/aromatic N) is 9. The number of ether oxygens (including phenoxy) is 1. The Bertz CT molecular complexity index is 2360. The highest BCUT2D eigenvalue weighted by Crippen LogP contribution is 2.35. The van der Waals surface area contributed by atoms with Crippen LogP contribution in [0.4, 0.5) is 37.6 Å². The smallest absolute Gasteiger partial charge is 0.343 e. The Labute approximate surface area is 413 Å². The fourth-order valence-corrected chi connectivity index (χ4v) is 11.6. The third-order valence-electron chi connectivity index (χ3n) is 15.6. The number of carbonyl (C=O) groups is 5. The van der Waals surface area contributed by atoms with Crippen molar-refractivity contribution in [2.45, 2.75) is 102 Å². The third kappa shape index (κ3) is 12.2. The van der Waals surface area contributed by atoms with Crippen molar-refractivity contribution in [1.82, 2.24) is 44.7 Å². The first kappa shape index (κ1) is 50.0. The van der Waals surface area contributed by atoms with Gasteiger partial charge in [0.1, 0.15) is 23.1 Å². The van der Waals surface area contributed by atoms with Crippen molar-refractivity contribution in [2.24, 2.45) is 24.8 Å². The van der Waals surface area contributed by atoms with Crippen LogP contribution in [0.3, 0.4) is 0 Å². The highest BCUT2D eigenvalue weighted by atomic mass is 19.1. The van der Waals surface area contributed by atoms with Crippen molar-refractivity contribution in [1.29, 1.82) is 0 Å². The van der Waals surface area contributed by atoms with E-state index in [1.807, 2.05) is 23.0 Å². The van der Waals surface area contributed by atoms with Crippen molar-refractivity contribution in [3.05, 3.63) is 47.9 Å². The fourth-order valence-electron chi connectivity index (χ4n) is 11.6. The fraction of sp³-hybridized carbons (Fsp3) is 0.640. The van der Waals surface area contributed by atoms with E-state index in [0.717, 1.165) is 116 Å². The van der Waals surface area contributed by atoms with Crippen LogP contribution >= 0.6 is 0 Å². The van der Waals surface area contributed by atoms with E-state index in [2.05, 4.69) is 46.1 Å². The topological polar surface area (TPSA) is 202 Å². The maximum Gasteiger partial charge on any atom is 0.343 e. The lowest BCUT2D eigenvalue weighted by Crippen LogP contribution is -2.54. The summed E-state index contributed by atoms with van der Waals surface area (Å²) in [6, 6.07) is 2.26. The summed E-state index contributed by atoms with van der Waals surface area (Å²) in [5, 5.41) is 16.0. The van der Waals surface area contributed by atoms with Gasteiger partial charge in [0.2, 0.25) is 29.6 Å². The molecule has 384 valence electrons. The van der Waals surface area contributed by atoms with Gasteiger partial charge in [-0.3, -0.25) is 39.0 Å². The Kier molecular flexibility index (Phi) is 15.9. The van der Waals surface area contributed by atoms with Gasteiger partial charge in [0.25, 0.3) is 0 Å². The summed E-state index contributed by atoms with van der Waals surface area (Å²) in [6.45, 7) is 9.81. The lowest BCUT2D eigenvalue weighted by atomic mass is 9.80. The molecule has 0 radical (unpaired) electrons. The monoisotopic (exact) mass is 986 g/mol. The number of likely N-dealkylation sites (tertiary alicyclic amines) is 1. The first-order valence-corrected chi connectivity index (χ1v) is 25.8. The SMILES string of the molecule is CCOC(=O)c1cnc(Nc2cnn(C)c2)nc1NC1CCC(N2CCN(C(=O)C3CCC(C(=O)N4CCC(CN5CCN(c6c(F)cc(NC7CCC(=O)NC7=O)cc6F)CC5)CC4)CC3)CC2)CC1. The Hall–Kier alpha value is -5.96. The Morgan fingerprint density at radius 3 is 2.01 bits per heavy atom. The Morgan fingerprint density at radius 1 is 0.761 bits per heavy atom. The van der Waals surface area contributed by atoms with Gasteiger partial charge in [-0.1, -0.05) is 0 Å². The second-order valence-electron chi connectivity index (χ2n) is 20.3. The second kappa shape index (κ2) is 22.6. The molecule has 9 rings (SSSR count). The van der Waals surface area contributed by atoms with Gasteiger partial charge in [0.05, 0.1) is 18.5 Å². The maximum absolute atomic E-state index is 15.3. The van der Waals surface area contributed by atoms with Crippen LogP contribution in [-0.2, 0) is 31.0 Å². The number of rotatable bonds is 14. The number of carbonyl (C=O) groups excluding carboxylic acids is 5. The number of hydrogen-bond donors (Lipinski definition) is 4. The van der Waals surface area contributed by atoms with Crippen LogP contribution in [-0.4, -0.2) is 166 Å². The molecule has 1 atom stereocenters. The summed E-state index contributed by atoms with van der Waals surface area (Å²) in [6.07, 6.45) is 14.1. The number of hydrogen-bond acceptors (Lipinski definition) is 15. The average Bonchev–Trinajstić information content (AvgIpc) is 3.79. The standard InChI is InChI=1S/C50H69F2N13O6/c1-3-71-49(70)39-29-53-50(57-37-28-54-60(2)31-37)59-45(39)56-35-8-10-38(11-9-35)62-22-24-65(25-23-62)48(69)34-6-4-33(5-7-34)47(68)64-16-14-32(15-17-64)30-61-18-20-63(21-19-61)44-40(51)26-36(27-41(44)52)55-42-12-13-43(66)58-46(42)67/h26-29,31-35,38,42,55H,3-25,30H2,1-2H3,(H,58,66,67)(H2,53,56,57,59). The molecule has 1 unspecified atom stereocenters. The molecule has 2 saturated carbocycles. The molecule has 4 amide bonds. The van der Waals surface area contributed by atoms with Gasteiger partial charge < -0.3 is 35.4 Å². The summed E-state index contributed by atoms with van der Waals surface area (Å²) in [5.74, 6) is -1.07. The molecule has 3 aromatic rings. The molecule has 2 aliphatic carbocycles. The molecule has 0 spiro atoms. The number of nitrogens with one attached hydrogen (secondary N) is 4. The molecule has 4 aliphatic heterocycles. The van der Waals surface area contributed by atoms with Gasteiger partial charge in [0, 0.05) is 127 Å². The van der Waals surface area contributed by atoms with E-state index in [1.54, 1.807) is 22.7 Å². The van der Waals surface area contributed by atoms with Gasteiger partial charge in [-0.2, -0.15) is 10.1 Å². The molecule has 19 nitrogen and oxygen atoms in total. The third-order valence-corrected chi connectivity index (χ3v) is 15.6. The number of esters is 1. The molecule has 4 saturated heterocycles. The van der Waals surface area contributed by atoms with Gasteiger partial charge in [0.15, 0.2) is 11.6 Å². The summed E-state index contributed by atoms with van der Waals surface area (Å²) in [4.78, 5) is 83.6. The first-order valence-electron chi connectivity index (χ1n) is 25.8. The van der Waals surface area contributed by atoms with Crippen molar-refractivity contribution in [3.8, 4) is 0 Å². The van der Waals surface area contributed by atoms with Crippen LogP contribution in [0.5, 0.6) is 0 Å². The summed E-state index contributed by atoms with van der Waals surface area (Å²) >= 11 is 0. The minimum Gasteiger partial charge on any atom is -0.462 e. The lowest BCUT2D eigenvalue weighted by Gasteiger charge is -2.43. The first-order chi connectivity index (χ1) is 34.4. The molecule has 71 heavy (non-hydrogen) atoms. The van der Waals surface area contributed by atoms with Gasteiger partial charge in [-0.25, -0.2) is 18.6 Å². The number of aryl methyl sites for hydroxylation is 1. The maximum atomic E-state index is 15.3. The number of imide groups is 1. The van der Waals surface area contributed by atoms with Crippen LogP contribution in [0.25, 0.3) is 0 Å². The number of piperidine rings is 2. The lowest BCUT2D eigenvalue weighted by molar-refractivity contribution is -0.143. The summed E-state index contributed by atoms with van der Waals surface area (Å²) < 4.78 is 37.5. The molecule has 6 heterocycles. The van der Waals surface area contributed by atoms with E-state index in [9.17, 15) is 24.0 Å². The predicted molar refractivity (Wildman–Crippen MR) is 262 cm³/mol. The van der Waals surface area contributed by atoms with Crippen LogP contribution in [0, 0.1) is 29.4 Å². The van der Waals surface area contributed by atoms with E-state index in [-0.39, 0.29) is 66.4 Å². The Balaban J connectivity index is 0.656. The van der Waals surface area contributed by atoms with Crippen molar-refractivity contribution >= 4 is 58.4 Å². The zero-order chi connectivity index (χ0) is 49.6. The van der Waals surface area contributed by atoms with Gasteiger partial charge >= 0.3 is 5.97 Å². The molecule has 2 aromatic heterocycles. The number of amides is 4. The number of anilines is 5. The largest absolute Gasteiger partial charge is 0.462 e. The van der Waals surface area contributed by atoms with Crippen molar-refractivity contribution in [3.63, 3.8) is 0 Å². The molecule has 6 fully saturated rings. The van der Waals surface area contributed by atoms with Crippen molar-refractivity contribution < 1.29 is 37.5 Å². The quantitative estimate of drug-likeness (QED) is 0.131. The summed E-state index contributed by atoms with van der Waals surface area (Å²) in [5.41, 5.74) is 1.14. The zero-order valence-corrected chi connectivity index (χ0v) is 41.1. The Morgan fingerprint density at radius 2 is 1.41 bits per heavy atom. The second-order valence-corrected chi connectivity index (χ2v) is 20.3. The van der Waals surface area contributed by atoms with Gasteiger partial charge in [-0.05, 0) is 95.6 Å². The molecule has 6 aliphatic rings. The zero-order valence-electron chi connectivity index (χ0n) is 41.1. The normalized spacial score (nSPS) is 25.1. The molecule has 1 aromatic carbocycles. The molecular weight excluding hydrogens is 917 g/mol. The van der Waals surface area contributed by atoms with E-state index in [1.165, 1.54) is 18.3 Å². The molecule has 21 heteroatoms. The van der Waals surface area contributed by atoms with Crippen molar-refractivity contribution in [2.75, 3.05) is 99.4 Å². The molecular formula is C50H69F2N13O6. The number of piperazine rings is 2. The van der Waals surface area contributed by atoms with E-state index >= 15 is 8.78 Å². The minimum atomic E-state index is -0.731. The van der Waals surface area contributed by atoms with Crippen LogP contribution < -0.4 is 26.2 Å². The van der Waals surface area contributed by atoms with E-state index in [4.69, 9.17) is 4.74 Å². The molecule has 0 bridgehead atoms. The van der Waals surface area contributed by atoms with Crippen LogP contribution in [0.1, 0.15) is 94.3 Å². The molecule has 4 N–H and O–H groups in total. The highest BCUT2D eigenvalue weighted by molar-refractivity contribution is 6.01. The number of aromatic nitrogens is 4. The predicted octanol–water partition coefficient (Wildman–Crippen LogP) is 4.36. The van der Waals surface area contributed by atoms with Crippen LogP contribution in [0.2, 0.25) is 0 Å². The van der Waals surface area contributed by atoms with Gasteiger partial charge in [-0.15, -0.1) is 0 Å². The number of halogens is 2. The van der Waals surface area contributed by atoms with E-state index < -0.39 is 29.6 Å². The van der Waals surface area contributed by atoms with E-state index in [0.29, 0.717) is 55.5 Å².